The fourth-order valence-corrected chi connectivity index (χ4v) is 2.92. The van der Waals surface area contributed by atoms with Crippen molar-refractivity contribution < 1.29 is 4.79 Å². The van der Waals surface area contributed by atoms with Gasteiger partial charge < -0.3 is 14.8 Å². The first kappa shape index (κ1) is 16.2. The smallest absolute Gasteiger partial charge is 0.325 e. The summed E-state index contributed by atoms with van der Waals surface area (Å²) in [5.74, 6) is 0.781. The summed E-state index contributed by atoms with van der Waals surface area (Å²) in [6, 6.07) is 1.79. The van der Waals surface area contributed by atoms with Gasteiger partial charge in [-0.05, 0) is 19.9 Å². The molecule has 0 bridgehead atoms. The molecule has 0 unspecified atom stereocenters. The monoisotopic (exact) mass is 330 g/mol. The zero-order valence-corrected chi connectivity index (χ0v) is 14.0. The Morgan fingerprint density at radius 1 is 1.17 bits per heavy atom. The fourth-order valence-electron chi connectivity index (χ4n) is 2.92. The number of carbonyl (C=O) groups is 1. The lowest BCUT2D eigenvalue weighted by Crippen LogP contribution is -2.49. The topological polar surface area (TPSA) is 87.1 Å². The van der Waals surface area contributed by atoms with Crippen LogP contribution in [0.3, 0.4) is 0 Å². The number of amides is 1. The molecule has 0 aromatic carbocycles. The third-order valence-corrected chi connectivity index (χ3v) is 4.50. The van der Waals surface area contributed by atoms with Crippen LogP contribution < -0.4 is 10.6 Å². The number of nitrogens with zero attached hydrogens (tertiary/aromatic N) is 5. The van der Waals surface area contributed by atoms with Crippen LogP contribution in [0.5, 0.6) is 0 Å². The van der Waals surface area contributed by atoms with E-state index >= 15 is 0 Å². The highest BCUT2D eigenvalue weighted by molar-refractivity contribution is 5.76. The molecule has 2 aromatic rings. The second-order valence-corrected chi connectivity index (χ2v) is 5.96. The summed E-state index contributed by atoms with van der Waals surface area (Å²) >= 11 is 0. The molecular weight excluding hydrogens is 308 g/mol. The largest absolute Gasteiger partial charge is 0.339 e. The first-order valence-electron chi connectivity index (χ1n) is 8.12. The van der Waals surface area contributed by atoms with E-state index < -0.39 is 0 Å². The van der Waals surface area contributed by atoms with Crippen molar-refractivity contribution >= 4 is 11.9 Å². The van der Waals surface area contributed by atoms with E-state index in [2.05, 4.69) is 19.9 Å². The molecule has 8 nitrogen and oxygen atoms in total. The molecule has 1 aliphatic rings. The number of H-pyrrole nitrogens is 1. The summed E-state index contributed by atoms with van der Waals surface area (Å²) in [5, 5.41) is 0. The maximum Gasteiger partial charge on any atom is 0.325 e. The minimum Gasteiger partial charge on any atom is -0.339 e. The molecule has 1 saturated heterocycles. The van der Waals surface area contributed by atoms with Crippen molar-refractivity contribution in [3.63, 3.8) is 0 Å². The van der Waals surface area contributed by atoms with Crippen molar-refractivity contribution in [2.75, 3.05) is 31.1 Å². The number of hydrogen-bond acceptors (Lipinski definition) is 5. The quantitative estimate of drug-likeness (QED) is 0.872. The highest BCUT2D eigenvalue weighted by atomic mass is 16.2. The molecule has 0 saturated carbocycles. The van der Waals surface area contributed by atoms with Crippen LogP contribution in [0.1, 0.15) is 17.8 Å². The van der Waals surface area contributed by atoms with Crippen LogP contribution in [0.15, 0.2) is 23.3 Å². The number of piperazine rings is 1. The summed E-state index contributed by atoms with van der Waals surface area (Å²) < 4.78 is 1.63. The molecular formula is C16H22N6O2. The molecule has 1 amide bonds. The van der Waals surface area contributed by atoms with Gasteiger partial charge >= 0.3 is 5.69 Å². The van der Waals surface area contributed by atoms with Crippen molar-refractivity contribution in [3.05, 3.63) is 40.3 Å². The summed E-state index contributed by atoms with van der Waals surface area (Å²) in [6.45, 7) is 6.90. The number of imidazole rings is 1. The van der Waals surface area contributed by atoms with E-state index in [4.69, 9.17) is 0 Å². The number of hydrogen-bond donors (Lipinski definition) is 1. The summed E-state index contributed by atoms with van der Waals surface area (Å²) in [6.07, 6.45) is 3.78. The van der Waals surface area contributed by atoms with Crippen LogP contribution in [-0.4, -0.2) is 56.5 Å². The molecule has 128 valence electrons. The highest BCUT2D eigenvalue weighted by Gasteiger charge is 2.22. The lowest BCUT2D eigenvalue weighted by Gasteiger charge is -2.34. The fraction of sp³-hybridized carbons (Fsp3) is 0.500. The minimum atomic E-state index is -0.149. The number of anilines is 1. The van der Waals surface area contributed by atoms with Crippen LogP contribution in [0.4, 0.5) is 5.95 Å². The van der Waals surface area contributed by atoms with Gasteiger partial charge in [-0.2, -0.15) is 0 Å². The molecule has 3 rings (SSSR count). The van der Waals surface area contributed by atoms with E-state index in [9.17, 15) is 9.59 Å². The molecule has 24 heavy (non-hydrogen) atoms. The third-order valence-electron chi connectivity index (χ3n) is 4.50. The van der Waals surface area contributed by atoms with Crippen molar-refractivity contribution in [1.82, 2.24) is 24.4 Å². The maximum absolute atomic E-state index is 12.4. The SMILES string of the molecule is Cc1[nH]c(=O)n(CCC(=O)N2CCN(c3ncccn3)CC2)c1C. The summed E-state index contributed by atoms with van der Waals surface area (Å²) in [4.78, 5) is 39.4. The van der Waals surface area contributed by atoms with Crippen LogP contribution in [-0.2, 0) is 11.3 Å². The Bertz CT molecular complexity index is 759. The standard InChI is InChI=1S/C16H22N6O2/c1-12-13(2)22(16(24)19-12)7-4-14(23)20-8-10-21(11-9-20)15-17-5-3-6-18-15/h3,5-6H,4,7-11H2,1-2H3,(H,19,24). The first-order chi connectivity index (χ1) is 11.6. The lowest BCUT2D eigenvalue weighted by molar-refractivity contribution is -0.131. The van der Waals surface area contributed by atoms with E-state index in [0.717, 1.165) is 24.5 Å². The van der Waals surface area contributed by atoms with Gasteiger partial charge in [0, 0.05) is 62.9 Å². The zero-order chi connectivity index (χ0) is 17.1. The average Bonchev–Trinajstić information content (AvgIpc) is 2.86. The number of aryl methyl sites for hydroxylation is 1. The van der Waals surface area contributed by atoms with Gasteiger partial charge in [0.05, 0.1) is 0 Å². The summed E-state index contributed by atoms with van der Waals surface area (Å²) in [7, 11) is 0. The Hall–Kier alpha value is -2.64. The molecule has 0 atom stereocenters. The molecule has 2 aromatic heterocycles. The molecule has 1 N–H and O–H groups in total. The Morgan fingerprint density at radius 2 is 1.83 bits per heavy atom. The molecule has 8 heteroatoms. The lowest BCUT2D eigenvalue weighted by atomic mass is 10.2. The second kappa shape index (κ2) is 6.86. The first-order valence-corrected chi connectivity index (χ1v) is 8.12. The van der Waals surface area contributed by atoms with Crippen LogP contribution in [0.2, 0.25) is 0 Å². The maximum atomic E-state index is 12.4. The normalized spacial score (nSPS) is 14.9. The number of carbonyl (C=O) groups excluding carboxylic acids is 1. The highest BCUT2D eigenvalue weighted by Crippen LogP contribution is 2.11. The molecule has 0 spiro atoms. The number of rotatable bonds is 4. The van der Waals surface area contributed by atoms with Crippen LogP contribution >= 0.6 is 0 Å². The van der Waals surface area contributed by atoms with Crippen LogP contribution in [0, 0.1) is 13.8 Å². The zero-order valence-electron chi connectivity index (χ0n) is 14.0. The Kier molecular flexibility index (Phi) is 4.64. The van der Waals surface area contributed by atoms with E-state index in [-0.39, 0.29) is 11.6 Å². The van der Waals surface area contributed by atoms with Crippen molar-refractivity contribution in [2.24, 2.45) is 0 Å². The summed E-state index contributed by atoms with van der Waals surface area (Å²) in [5.41, 5.74) is 1.59. The Labute approximate surface area is 140 Å². The van der Waals surface area contributed by atoms with E-state index in [1.807, 2.05) is 18.7 Å². The van der Waals surface area contributed by atoms with Gasteiger partial charge in [-0.25, -0.2) is 14.8 Å². The van der Waals surface area contributed by atoms with Gasteiger partial charge in [-0.15, -0.1) is 0 Å². The van der Waals surface area contributed by atoms with Crippen molar-refractivity contribution in [1.29, 1.82) is 0 Å². The van der Waals surface area contributed by atoms with Crippen LogP contribution in [0.25, 0.3) is 0 Å². The van der Waals surface area contributed by atoms with Crippen molar-refractivity contribution in [2.45, 2.75) is 26.8 Å². The molecule has 3 heterocycles. The van der Waals surface area contributed by atoms with Crippen molar-refractivity contribution in [3.8, 4) is 0 Å². The predicted molar refractivity (Wildman–Crippen MR) is 90.0 cm³/mol. The molecule has 1 aliphatic heterocycles. The molecule has 0 radical (unpaired) electrons. The predicted octanol–water partition coefficient (Wildman–Crippen LogP) is 0.322. The Balaban J connectivity index is 1.53. The Morgan fingerprint density at radius 3 is 2.42 bits per heavy atom. The van der Waals surface area contributed by atoms with E-state index in [0.29, 0.717) is 32.0 Å². The van der Waals surface area contributed by atoms with Gasteiger partial charge in [-0.3, -0.25) is 9.36 Å². The van der Waals surface area contributed by atoms with E-state index in [1.165, 1.54) is 0 Å². The second-order valence-electron chi connectivity index (χ2n) is 5.96. The van der Waals surface area contributed by atoms with Gasteiger partial charge in [0.15, 0.2) is 0 Å². The van der Waals surface area contributed by atoms with Gasteiger partial charge in [0.1, 0.15) is 0 Å². The number of nitrogens with one attached hydrogen (secondary N) is 1. The van der Waals surface area contributed by atoms with Gasteiger partial charge in [0.2, 0.25) is 11.9 Å². The number of aromatic amines is 1. The minimum absolute atomic E-state index is 0.0776. The molecule has 0 aliphatic carbocycles. The van der Waals surface area contributed by atoms with Gasteiger partial charge in [0.25, 0.3) is 0 Å². The third kappa shape index (κ3) is 3.32. The van der Waals surface area contributed by atoms with E-state index in [1.54, 1.807) is 23.0 Å². The van der Waals surface area contributed by atoms with Gasteiger partial charge in [-0.1, -0.05) is 0 Å². The average molecular weight is 330 g/mol. The molecule has 1 fully saturated rings. The number of aromatic nitrogens is 4.